The number of aromatic nitrogens is 1. The summed E-state index contributed by atoms with van der Waals surface area (Å²) < 4.78 is 0. The van der Waals surface area contributed by atoms with E-state index in [9.17, 15) is 9.59 Å². The zero-order valence-corrected chi connectivity index (χ0v) is 20.1. The predicted molar refractivity (Wildman–Crippen MR) is 136 cm³/mol. The van der Waals surface area contributed by atoms with Crippen LogP contribution in [0.1, 0.15) is 43.4 Å². The first kappa shape index (κ1) is 20.9. The Balaban J connectivity index is 1.12. The van der Waals surface area contributed by atoms with Gasteiger partial charge in [-0.3, -0.25) is 19.5 Å². The highest BCUT2D eigenvalue weighted by Gasteiger charge is 2.57. The largest absolute Gasteiger partial charge is 0.359 e. The first-order chi connectivity index (χ1) is 17.0. The van der Waals surface area contributed by atoms with E-state index in [0.29, 0.717) is 18.4 Å². The van der Waals surface area contributed by atoms with Gasteiger partial charge in [-0.25, -0.2) is 0 Å². The minimum absolute atomic E-state index is 0.150. The molecular formula is C29H30N4O2. The van der Waals surface area contributed by atoms with Crippen LogP contribution >= 0.6 is 0 Å². The zero-order chi connectivity index (χ0) is 23.7. The molecule has 3 heterocycles. The summed E-state index contributed by atoms with van der Waals surface area (Å²) in [5.74, 6) is 1.85. The van der Waals surface area contributed by atoms with E-state index in [-0.39, 0.29) is 11.8 Å². The number of aliphatic imine (C=N–C) groups is 1. The van der Waals surface area contributed by atoms with Gasteiger partial charge in [0.05, 0.1) is 0 Å². The van der Waals surface area contributed by atoms with Crippen LogP contribution in [0.3, 0.4) is 0 Å². The van der Waals surface area contributed by atoms with Crippen LogP contribution in [0.2, 0.25) is 0 Å². The summed E-state index contributed by atoms with van der Waals surface area (Å²) in [7, 11) is 0. The molecule has 6 nitrogen and oxygen atoms in total. The number of benzene rings is 2. The number of H-pyrrole nitrogens is 1. The fraction of sp³-hybridized carbons (Fsp3) is 0.414. The standard InChI is InChI=1S/C29H30N4O2/c1-18-14-24-15-23(8-9-25(24)30-18)20-2-4-21(5-3-20)26-31-29(11-12-29)28(35)33(26)17-19-10-13-32(16-19)27(34)22-6-7-22/h2-5,8-9,14-15,19,22,30H,6-7,10-13,16-17H2,1H3. The van der Waals surface area contributed by atoms with E-state index < -0.39 is 5.54 Å². The lowest BCUT2D eigenvalue weighted by Gasteiger charge is -2.23. The molecule has 1 N–H and O–H groups in total. The number of nitrogens with one attached hydrogen (secondary N) is 1. The molecule has 2 aliphatic carbocycles. The maximum absolute atomic E-state index is 13.3. The first-order valence-corrected chi connectivity index (χ1v) is 12.9. The molecule has 4 aliphatic rings. The van der Waals surface area contributed by atoms with E-state index in [1.54, 1.807) is 0 Å². The summed E-state index contributed by atoms with van der Waals surface area (Å²) in [6, 6.07) is 17.1. The van der Waals surface area contributed by atoms with Crippen LogP contribution in [-0.2, 0) is 9.59 Å². The minimum Gasteiger partial charge on any atom is -0.359 e. The number of hydrogen-bond acceptors (Lipinski definition) is 3. The monoisotopic (exact) mass is 466 g/mol. The number of carbonyl (C=O) groups excluding carboxylic acids is 2. The summed E-state index contributed by atoms with van der Waals surface area (Å²) in [5.41, 5.74) is 5.11. The highest BCUT2D eigenvalue weighted by Crippen LogP contribution is 2.46. The van der Waals surface area contributed by atoms with Crippen molar-refractivity contribution < 1.29 is 9.59 Å². The normalized spacial score (nSPS) is 22.9. The SMILES string of the molecule is Cc1cc2cc(-c3ccc(C4=NC5(CC5)C(=O)N4CC4CCN(C(=O)C5CC5)C4)cc3)ccc2[nH]1. The number of nitrogens with zero attached hydrogens (tertiary/aromatic N) is 3. The van der Waals surface area contributed by atoms with Gasteiger partial charge in [0.15, 0.2) is 0 Å². The van der Waals surface area contributed by atoms with Crippen LogP contribution in [0, 0.1) is 18.8 Å². The van der Waals surface area contributed by atoms with E-state index in [2.05, 4.69) is 60.4 Å². The average molecular weight is 467 g/mol. The number of fused-ring (bicyclic) bond motifs is 1. The van der Waals surface area contributed by atoms with E-state index in [1.165, 1.54) is 10.9 Å². The molecule has 178 valence electrons. The summed E-state index contributed by atoms with van der Waals surface area (Å²) >= 11 is 0. The van der Waals surface area contributed by atoms with Crippen molar-refractivity contribution in [3.05, 3.63) is 59.8 Å². The highest BCUT2D eigenvalue weighted by atomic mass is 16.2. The molecule has 3 aromatic rings. The third-order valence-corrected chi connectivity index (χ3v) is 8.14. The van der Waals surface area contributed by atoms with E-state index in [4.69, 9.17) is 4.99 Å². The van der Waals surface area contributed by atoms with Crippen LogP contribution in [0.25, 0.3) is 22.0 Å². The maximum Gasteiger partial charge on any atom is 0.256 e. The van der Waals surface area contributed by atoms with Crippen molar-refractivity contribution in [2.24, 2.45) is 16.8 Å². The predicted octanol–water partition coefficient (Wildman–Crippen LogP) is 4.52. The van der Waals surface area contributed by atoms with Gasteiger partial charge in [-0.1, -0.05) is 30.3 Å². The summed E-state index contributed by atoms with van der Waals surface area (Å²) in [6.45, 7) is 4.31. The number of amides is 2. The van der Waals surface area contributed by atoms with Crippen LogP contribution in [-0.4, -0.2) is 57.6 Å². The molecule has 2 aromatic carbocycles. The molecule has 7 rings (SSSR count). The topological polar surface area (TPSA) is 68.8 Å². The van der Waals surface area contributed by atoms with Gasteiger partial charge in [0.25, 0.3) is 5.91 Å². The van der Waals surface area contributed by atoms with Crippen molar-refractivity contribution in [3.63, 3.8) is 0 Å². The Hall–Kier alpha value is -3.41. The fourth-order valence-electron chi connectivity index (χ4n) is 5.79. The lowest BCUT2D eigenvalue weighted by molar-refractivity contribution is -0.131. The molecule has 6 heteroatoms. The molecule has 3 fully saturated rings. The molecule has 1 spiro atoms. The van der Waals surface area contributed by atoms with Gasteiger partial charge in [0.2, 0.25) is 5.91 Å². The Morgan fingerprint density at radius 2 is 1.77 bits per heavy atom. The van der Waals surface area contributed by atoms with Crippen molar-refractivity contribution in [2.45, 2.75) is 44.6 Å². The molecule has 1 atom stereocenters. The molecule has 2 aliphatic heterocycles. The summed E-state index contributed by atoms with van der Waals surface area (Å²) in [5, 5.41) is 1.21. The maximum atomic E-state index is 13.3. The number of likely N-dealkylation sites (tertiary alicyclic amines) is 1. The van der Waals surface area contributed by atoms with Crippen LogP contribution in [0.4, 0.5) is 0 Å². The third-order valence-electron chi connectivity index (χ3n) is 8.14. The van der Waals surface area contributed by atoms with E-state index in [0.717, 1.165) is 73.4 Å². The quantitative estimate of drug-likeness (QED) is 0.601. The Morgan fingerprint density at radius 1 is 1.03 bits per heavy atom. The summed E-state index contributed by atoms with van der Waals surface area (Å²) in [6.07, 6.45) is 4.73. The third kappa shape index (κ3) is 3.58. The van der Waals surface area contributed by atoms with Crippen LogP contribution in [0.15, 0.2) is 53.5 Å². The van der Waals surface area contributed by atoms with Crippen LogP contribution < -0.4 is 0 Å². The van der Waals surface area contributed by atoms with E-state index in [1.807, 2.05) is 9.80 Å². The van der Waals surface area contributed by atoms with Gasteiger partial charge in [0.1, 0.15) is 11.4 Å². The van der Waals surface area contributed by atoms with Crippen LogP contribution in [0.5, 0.6) is 0 Å². The van der Waals surface area contributed by atoms with Gasteiger partial charge in [-0.05, 0) is 74.3 Å². The van der Waals surface area contributed by atoms with Crippen molar-refractivity contribution in [1.82, 2.24) is 14.8 Å². The second-order valence-electron chi connectivity index (χ2n) is 10.9. The molecule has 35 heavy (non-hydrogen) atoms. The summed E-state index contributed by atoms with van der Waals surface area (Å²) in [4.78, 5) is 38.1. The molecule has 2 amide bonds. The number of aromatic amines is 1. The second kappa shape index (κ2) is 7.54. The lowest BCUT2D eigenvalue weighted by atomic mass is 10.0. The second-order valence-corrected chi connectivity index (χ2v) is 10.9. The Bertz CT molecular complexity index is 1380. The van der Waals surface area contributed by atoms with Gasteiger partial charge in [0, 0.05) is 47.7 Å². The Labute approximate surface area is 205 Å². The molecule has 2 saturated carbocycles. The molecular weight excluding hydrogens is 436 g/mol. The van der Waals surface area contributed by atoms with Gasteiger partial charge in [-0.2, -0.15) is 0 Å². The number of aryl methyl sites for hydroxylation is 1. The number of rotatable bonds is 5. The first-order valence-electron chi connectivity index (χ1n) is 12.9. The smallest absolute Gasteiger partial charge is 0.256 e. The van der Waals surface area contributed by atoms with Crippen molar-refractivity contribution in [1.29, 1.82) is 0 Å². The lowest BCUT2D eigenvalue weighted by Crippen LogP contribution is -2.40. The Kier molecular flexibility index (Phi) is 4.51. The van der Waals surface area contributed by atoms with Crippen molar-refractivity contribution in [3.8, 4) is 11.1 Å². The van der Waals surface area contributed by atoms with Gasteiger partial charge >= 0.3 is 0 Å². The number of hydrogen-bond donors (Lipinski definition) is 1. The highest BCUT2D eigenvalue weighted by molar-refractivity contribution is 6.16. The van der Waals surface area contributed by atoms with Crippen molar-refractivity contribution >= 4 is 28.6 Å². The van der Waals surface area contributed by atoms with Crippen molar-refractivity contribution in [2.75, 3.05) is 19.6 Å². The number of carbonyl (C=O) groups is 2. The molecule has 0 bridgehead atoms. The minimum atomic E-state index is -0.521. The zero-order valence-electron chi connectivity index (χ0n) is 20.1. The van der Waals surface area contributed by atoms with Gasteiger partial charge < -0.3 is 9.88 Å². The molecule has 1 unspecified atom stereocenters. The Morgan fingerprint density at radius 3 is 2.51 bits per heavy atom. The van der Waals surface area contributed by atoms with Gasteiger partial charge in [-0.15, -0.1) is 0 Å². The molecule has 0 radical (unpaired) electrons. The molecule has 1 aromatic heterocycles. The average Bonchev–Trinajstić information content (AvgIpc) is 3.76. The number of amidine groups is 1. The molecule has 1 saturated heterocycles. The fourth-order valence-corrected chi connectivity index (χ4v) is 5.79. The van der Waals surface area contributed by atoms with E-state index >= 15 is 0 Å².